The van der Waals surface area contributed by atoms with Crippen LogP contribution in [0.3, 0.4) is 0 Å². The predicted octanol–water partition coefficient (Wildman–Crippen LogP) is -12.2. The van der Waals surface area contributed by atoms with Gasteiger partial charge in [-0.1, -0.05) is 0 Å². The van der Waals surface area contributed by atoms with Crippen LogP contribution in [0.25, 0.3) is 0 Å². The Morgan fingerprint density at radius 2 is 0.533 bits per heavy atom. The van der Waals surface area contributed by atoms with Crippen LogP contribution in [-0.2, 0) is 19.5 Å². The van der Waals surface area contributed by atoms with E-state index in [-0.39, 0.29) is 146 Å². The van der Waals surface area contributed by atoms with Crippen molar-refractivity contribution in [3.05, 3.63) is 0 Å². The molecular formula is H2Ca2O9Si2SrZn. The minimum absolute atomic E-state index is 0. The Kier molecular flexibility index (Phi) is 59.8. The quantitative estimate of drug-likeness (QED) is 0.332. The SMILES string of the molecule is O.[Ca+2].[Ca+2].[O-][Si]([O-])([O-])[O-].[O-][Si]([O-])([O-])[O-].[Sr+2].[Zn+2]. The van der Waals surface area contributed by atoms with Gasteiger partial charge < -0.3 is 61.9 Å². The molecule has 0 spiro atoms. The molecule has 0 aromatic carbocycles. The summed E-state index contributed by atoms with van der Waals surface area (Å²) in [7, 11) is -11.2. The van der Waals surface area contributed by atoms with Gasteiger partial charge in [0, 0.05) is 0 Å². The van der Waals surface area contributed by atoms with Crippen molar-refractivity contribution in [1.29, 1.82) is 0 Å². The van der Waals surface area contributed by atoms with Gasteiger partial charge in [-0.15, -0.1) is 0 Å². The molecule has 0 aliphatic rings. The molecule has 72 valence electrons. The maximum atomic E-state index is 8.58. The van der Waals surface area contributed by atoms with Crippen LogP contribution >= 0.6 is 0 Å². The second-order valence-corrected chi connectivity index (χ2v) is 3.00. The van der Waals surface area contributed by atoms with Crippen LogP contribution in [0.15, 0.2) is 0 Å². The van der Waals surface area contributed by atoms with Crippen molar-refractivity contribution in [1.82, 2.24) is 0 Å². The van der Waals surface area contributed by atoms with Gasteiger partial charge in [0.2, 0.25) is 0 Å². The zero-order chi connectivity index (χ0) is 9.00. The first-order chi connectivity index (χ1) is 4.00. The molecule has 0 aliphatic heterocycles. The largest absolute Gasteiger partial charge is 2.00 e. The normalized spacial score (nSPS) is 8.00. The minimum atomic E-state index is -5.61. The molecule has 9 nitrogen and oxygen atoms in total. The Morgan fingerprint density at radius 3 is 0.533 bits per heavy atom. The minimum Gasteiger partial charge on any atom is -0.894 e. The molecule has 0 aliphatic carbocycles. The fourth-order valence-corrected chi connectivity index (χ4v) is 0. The summed E-state index contributed by atoms with van der Waals surface area (Å²) < 4.78 is 0. The molecule has 15 heavy (non-hydrogen) atoms. The fraction of sp³-hybridized carbons (Fsp3) is 0. The molecule has 0 fully saturated rings. The van der Waals surface area contributed by atoms with E-state index < -0.39 is 18.1 Å². The van der Waals surface area contributed by atoms with Gasteiger partial charge in [0.1, 0.15) is 0 Å². The zero-order valence-electron chi connectivity index (χ0n) is 7.59. The van der Waals surface area contributed by atoms with E-state index in [2.05, 4.69) is 0 Å². The average molecular weight is 435 g/mol. The van der Waals surface area contributed by atoms with Gasteiger partial charge in [-0.25, -0.2) is 0 Å². The van der Waals surface area contributed by atoms with Crippen molar-refractivity contribution in [2.75, 3.05) is 0 Å². The van der Waals surface area contributed by atoms with Gasteiger partial charge in [-0.2, -0.15) is 0 Å². The van der Waals surface area contributed by atoms with Crippen molar-refractivity contribution >= 4 is 139 Å². The summed E-state index contributed by atoms with van der Waals surface area (Å²) in [4.78, 5) is 68.6. The van der Waals surface area contributed by atoms with E-state index in [1.807, 2.05) is 0 Å². The maximum Gasteiger partial charge on any atom is 2.00 e. The second-order valence-electron chi connectivity index (χ2n) is 1.00. The summed E-state index contributed by atoms with van der Waals surface area (Å²) in [5.41, 5.74) is 0. The maximum absolute atomic E-state index is 8.58. The molecule has 0 aromatic rings. The third-order valence-electron chi connectivity index (χ3n) is 0. The summed E-state index contributed by atoms with van der Waals surface area (Å²) in [6.07, 6.45) is 0. The van der Waals surface area contributed by atoms with E-state index in [0.29, 0.717) is 0 Å². The van der Waals surface area contributed by atoms with Crippen molar-refractivity contribution in [3.63, 3.8) is 0 Å². The van der Waals surface area contributed by atoms with Gasteiger partial charge in [-0.05, 0) is 0 Å². The Morgan fingerprint density at radius 1 is 0.533 bits per heavy atom. The van der Waals surface area contributed by atoms with E-state index in [9.17, 15) is 0 Å². The molecular weight excluding hydrogens is 433 g/mol. The van der Waals surface area contributed by atoms with Crippen LogP contribution in [0.5, 0.6) is 0 Å². The second kappa shape index (κ2) is 21.0. The van der Waals surface area contributed by atoms with Crippen molar-refractivity contribution in [2.24, 2.45) is 0 Å². The molecule has 2 N–H and O–H groups in total. The first kappa shape index (κ1) is 42.7. The standard InChI is InChI=1S/2Ca.2O4Si.H2O.Sr.Zn/c;;2*1-5(2,3)4;;;/h;;;;1H2;;/q2*+2;2*-4;;2*+2. The summed E-state index contributed by atoms with van der Waals surface area (Å²) in [5, 5.41) is 0. The molecule has 0 rings (SSSR count). The molecule has 0 bridgehead atoms. The molecule has 0 aromatic heterocycles. The monoisotopic (exact) mass is 434 g/mol. The predicted molar refractivity (Wildman–Crippen MR) is 32.4 cm³/mol. The topological polar surface area (TPSA) is 216 Å². The third-order valence-corrected chi connectivity index (χ3v) is 0. The van der Waals surface area contributed by atoms with E-state index in [1.54, 1.807) is 0 Å². The van der Waals surface area contributed by atoms with Crippen LogP contribution in [0.1, 0.15) is 0 Å². The van der Waals surface area contributed by atoms with Crippen LogP contribution in [0, 0.1) is 0 Å². The Bertz CT molecular complexity index is 69.1. The van der Waals surface area contributed by atoms with Crippen molar-refractivity contribution in [2.45, 2.75) is 0 Å². The number of hydrogen-bond donors (Lipinski definition) is 0. The summed E-state index contributed by atoms with van der Waals surface area (Å²) >= 11 is 0. The number of hydrogen-bond acceptors (Lipinski definition) is 8. The molecule has 0 saturated carbocycles. The summed E-state index contributed by atoms with van der Waals surface area (Å²) in [6.45, 7) is 0. The Hall–Kier alpha value is 4.70. The smallest absolute Gasteiger partial charge is 0.894 e. The first-order valence-electron chi connectivity index (χ1n) is 1.63. The fourth-order valence-electron chi connectivity index (χ4n) is 0. The molecule has 15 heteroatoms. The van der Waals surface area contributed by atoms with E-state index in [0.717, 1.165) is 0 Å². The molecule has 0 radical (unpaired) electrons. The molecule has 0 saturated heterocycles. The first-order valence-corrected chi connectivity index (χ1v) is 4.90. The van der Waals surface area contributed by atoms with Crippen molar-refractivity contribution < 1.29 is 63.3 Å². The van der Waals surface area contributed by atoms with Crippen molar-refractivity contribution in [3.8, 4) is 0 Å². The molecule has 0 amide bonds. The van der Waals surface area contributed by atoms with Gasteiger partial charge in [0.05, 0.1) is 0 Å². The molecule has 0 atom stereocenters. The van der Waals surface area contributed by atoms with Gasteiger partial charge >= 0.3 is 140 Å². The third kappa shape index (κ3) is 236. The van der Waals surface area contributed by atoms with Gasteiger partial charge in [0.25, 0.3) is 0 Å². The van der Waals surface area contributed by atoms with E-state index >= 15 is 0 Å². The van der Waals surface area contributed by atoms with Gasteiger partial charge in [0.15, 0.2) is 0 Å². The Labute approximate surface area is 197 Å². The average Bonchev–Trinajstić information content (AvgIpc) is 1.12. The van der Waals surface area contributed by atoms with Crippen LogP contribution in [0.2, 0.25) is 0 Å². The van der Waals surface area contributed by atoms with Crippen LogP contribution < -0.4 is 38.4 Å². The molecule has 0 heterocycles. The van der Waals surface area contributed by atoms with E-state index in [1.165, 1.54) is 0 Å². The van der Waals surface area contributed by atoms with Crippen LogP contribution in [-0.4, -0.2) is 145 Å². The molecule has 0 unspecified atom stereocenters. The van der Waals surface area contributed by atoms with Crippen LogP contribution in [0.4, 0.5) is 0 Å². The van der Waals surface area contributed by atoms with E-state index in [4.69, 9.17) is 38.4 Å². The zero-order valence-corrected chi connectivity index (χ0v) is 20.5. The van der Waals surface area contributed by atoms with Gasteiger partial charge in [-0.3, -0.25) is 0 Å². The number of rotatable bonds is 0. The Balaban J connectivity index is -0.0000000128. The summed E-state index contributed by atoms with van der Waals surface area (Å²) in [6, 6.07) is 0. The summed E-state index contributed by atoms with van der Waals surface area (Å²) in [5.74, 6) is 0.